The lowest BCUT2D eigenvalue weighted by molar-refractivity contribution is -0.148. The van der Waals surface area contributed by atoms with E-state index in [1.165, 1.54) is 19.1 Å². The first-order chi connectivity index (χ1) is 13.1. The van der Waals surface area contributed by atoms with Gasteiger partial charge >= 0.3 is 5.97 Å². The number of nitrogens with one attached hydrogen (secondary N) is 2. The molecule has 0 aliphatic rings. The van der Waals surface area contributed by atoms with Crippen LogP contribution in [-0.4, -0.2) is 32.9 Å². The fourth-order valence-electron chi connectivity index (χ4n) is 2.11. The van der Waals surface area contributed by atoms with E-state index in [9.17, 15) is 26.8 Å². The van der Waals surface area contributed by atoms with Gasteiger partial charge in [0.15, 0.2) is 6.61 Å². The number of anilines is 1. The molecule has 0 spiro atoms. The van der Waals surface area contributed by atoms with Crippen molar-refractivity contribution < 1.29 is 31.5 Å². The van der Waals surface area contributed by atoms with Crippen LogP contribution in [0.2, 0.25) is 0 Å². The Kier molecular flexibility index (Phi) is 6.81. The minimum absolute atomic E-state index is 0.0257. The average molecular weight is 412 g/mol. The van der Waals surface area contributed by atoms with Crippen molar-refractivity contribution in [3.8, 4) is 0 Å². The first-order valence-corrected chi connectivity index (χ1v) is 9.57. The van der Waals surface area contributed by atoms with E-state index >= 15 is 0 Å². The lowest BCUT2D eigenvalue weighted by Crippen LogP contribution is -2.40. The Hall–Kier alpha value is -2.85. The van der Waals surface area contributed by atoms with Gasteiger partial charge in [0.25, 0.3) is 5.91 Å². The summed E-state index contributed by atoms with van der Waals surface area (Å²) in [6.07, 6.45) is 0. The molecule has 2 N–H and O–H groups in total. The molecule has 1 atom stereocenters. The fourth-order valence-corrected chi connectivity index (χ4v) is 3.30. The maximum absolute atomic E-state index is 13.5. The Morgan fingerprint density at radius 1 is 1.11 bits per heavy atom. The standard InChI is InChI=1S/C18H18F2N2O5S/c1-11-3-6-14(7-4-11)28(25,26)22-12(2)18(24)27-10-17(23)21-16-8-5-13(19)9-15(16)20/h3-9,12,22H,10H2,1-2H3,(H,21,23). The minimum Gasteiger partial charge on any atom is -0.454 e. The zero-order chi connectivity index (χ0) is 20.9. The van der Waals surface area contributed by atoms with Gasteiger partial charge in [0.2, 0.25) is 10.0 Å². The minimum atomic E-state index is -3.95. The number of amides is 1. The summed E-state index contributed by atoms with van der Waals surface area (Å²) in [4.78, 5) is 23.6. The van der Waals surface area contributed by atoms with Crippen LogP contribution in [0.4, 0.5) is 14.5 Å². The van der Waals surface area contributed by atoms with Crippen LogP contribution in [0.1, 0.15) is 12.5 Å². The number of ether oxygens (including phenoxy) is 1. The summed E-state index contributed by atoms with van der Waals surface area (Å²) >= 11 is 0. The van der Waals surface area contributed by atoms with Crippen LogP contribution < -0.4 is 10.0 Å². The first-order valence-electron chi connectivity index (χ1n) is 8.09. The highest BCUT2D eigenvalue weighted by Crippen LogP contribution is 2.15. The number of rotatable bonds is 7. The Bertz CT molecular complexity index is 978. The lowest BCUT2D eigenvalue weighted by Gasteiger charge is -2.14. The van der Waals surface area contributed by atoms with E-state index < -0.39 is 46.2 Å². The van der Waals surface area contributed by atoms with Crippen molar-refractivity contribution in [1.29, 1.82) is 0 Å². The molecule has 0 aliphatic carbocycles. The first kappa shape index (κ1) is 21.5. The third-order valence-electron chi connectivity index (χ3n) is 3.57. The third kappa shape index (κ3) is 5.83. The molecule has 2 aromatic rings. The maximum Gasteiger partial charge on any atom is 0.324 e. The van der Waals surface area contributed by atoms with Crippen molar-refractivity contribution in [1.82, 2.24) is 4.72 Å². The van der Waals surface area contributed by atoms with Gasteiger partial charge in [-0.1, -0.05) is 17.7 Å². The number of hydrogen-bond acceptors (Lipinski definition) is 5. The molecule has 0 aromatic heterocycles. The predicted molar refractivity (Wildman–Crippen MR) is 96.9 cm³/mol. The molecule has 0 saturated heterocycles. The topological polar surface area (TPSA) is 102 Å². The van der Waals surface area contributed by atoms with Gasteiger partial charge in [0, 0.05) is 6.07 Å². The summed E-state index contributed by atoms with van der Waals surface area (Å²) < 4.78 is 57.6. The number of benzene rings is 2. The summed E-state index contributed by atoms with van der Waals surface area (Å²) in [5.74, 6) is -3.66. The quantitative estimate of drug-likeness (QED) is 0.679. The van der Waals surface area contributed by atoms with Crippen molar-refractivity contribution in [2.24, 2.45) is 0 Å². The summed E-state index contributed by atoms with van der Waals surface area (Å²) in [6.45, 7) is 2.28. The van der Waals surface area contributed by atoms with Gasteiger partial charge in [-0.15, -0.1) is 0 Å². The van der Waals surface area contributed by atoms with Crippen molar-refractivity contribution in [2.75, 3.05) is 11.9 Å². The molecule has 150 valence electrons. The molecule has 0 saturated carbocycles. The van der Waals surface area contributed by atoms with Gasteiger partial charge in [-0.25, -0.2) is 17.2 Å². The van der Waals surface area contributed by atoms with Crippen LogP contribution in [0.25, 0.3) is 0 Å². The SMILES string of the molecule is Cc1ccc(S(=O)(=O)NC(C)C(=O)OCC(=O)Nc2ccc(F)cc2F)cc1. The van der Waals surface area contributed by atoms with Crippen molar-refractivity contribution in [3.63, 3.8) is 0 Å². The van der Waals surface area contributed by atoms with E-state index in [1.54, 1.807) is 19.1 Å². The van der Waals surface area contributed by atoms with E-state index in [1.807, 2.05) is 0 Å². The Balaban J connectivity index is 1.89. The molecule has 0 aliphatic heterocycles. The van der Waals surface area contributed by atoms with Crippen LogP contribution in [0.15, 0.2) is 47.4 Å². The number of sulfonamides is 1. The van der Waals surface area contributed by atoms with E-state index in [2.05, 4.69) is 10.0 Å². The summed E-state index contributed by atoms with van der Waals surface area (Å²) in [5.41, 5.74) is 0.589. The molecular formula is C18H18F2N2O5S. The summed E-state index contributed by atoms with van der Waals surface area (Å²) in [7, 11) is -3.95. The van der Waals surface area contributed by atoms with Gasteiger partial charge in [0.1, 0.15) is 17.7 Å². The molecule has 10 heteroatoms. The molecule has 0 bridgehead atoms. The second-order valence-corrected chi connectivity index (χ2v) is 7.65. The fraction of sp³-hybridized carbons (Fsp3) is 0.222. The van der Waals surface area contributed by atoms with Crippen molar-refractivity contribution >= 4 is 27.6 Å². The summed E-state index contributed by atoms with van der Waals surface area (Å²) in [6, 6.07) is 7.29. The smallest absolute Gasteiger partial charge is 0.324 e. The molecular weight excluding hydrogens is 394 g/mol. The second-order valence-electron chi connectivity index (χ2n) is 5.94. The molecule has 0 heterocycles. The van der Waals surface area contributed by atoms with Gasteiger partial charge in [-0.3, -0.25) is 9.59 Å². The van der Waals surface area contributed by atoms with E-state index in [4.69, 9.17) is 4.74 Å². The Morgan fingerprint density at radius 2 is 1.75 bits per heavy atom. The van der Waals surface area contributed by atoms with Gasteiger partial charge < -0.3 is 10.1 Å². The van der Waals surface area contributed by atoms with Crippen molar-refractivity contribution in [3.05, 3.63) is 59.7 Å². The monoisotopic (exact) mass is 412 g/mol. The van der Waals surface area contributed by atoms with E-state index in [0.717, 1.165) is 17.7 Å². The normalized spacial score (nSPS) is 12.3. The third-order valence-corrected chi connectivity index (χ3v) is 5.12. The van der Waals surface area contributed by atoms with Gasteiger partial charge in [-0.05, 0) is 38.1 Å². The number of hydrogen-bond donors (Lipinski definition) is 2. The molecule has 1 unspecified atom stereocenters. The molecule has 2 rings (SSSR count). The molecule has 0 fully saturated rings. The van der Waals surface area contributed by atoms with Crippen LogP contribution in [0, 0.1) is 18.6 Å². The Labute approximate surface area is 160 Å². The molecule has 0 radical (unpaired) electrons. The zero-order valence-corrected chi connectivity index (χ0v) is 15.8. The number of esters is 1. The highest BCUT2D eigenvalue weighted by Gasteiger charge is 2.23. The zero-order valence-electron chi connectivity index (χ0n) is 15.0. The number of carbonyl (C=O) groups is 2. The van der Waals surface area contributed by atoms with Gasteiger partial charge in [0.05, 0.1) is 10.6 Å². The summed E-state index contributed by atoms with van der Waals surface area (Å²) in [5, 5.41) is 2.11. The van der Waals surface area contributed by atoms with E-state index in [-0.39, 0.29) is 10.6 Å². The molecule has 28 heavy (non-hydrogen) atoms. The van der Waals surface area contributed by atoms with Crippen LogP contribution in [-0.2, 0) is 24.3 Å². The number of aryl methyl sites for hydroxylation is 1. The van der Waals surface area contributed by atoms with Crippen LogP contribution in [0.5, 0.6) is 0 Å². The van der Waals surface area contributed by atoms with Crippen LogP contribution >= 0.6 is 0 Å². The predicted octanol–water partition coefficient (Wildman–Crippen LogP) is 2.12. The number of carbonyl (C=O) groups excluding carboxylic acids is 2. The largest absolute Gasteiger partial charge is 0.454 e. The van der Waals surface area contributed by atoms with E-state index in [0.29, 0.717) is 6.07 Å². The molecule has 7 nitrogen and oxygen atoms in total. The van der Waals surface area contributed by atoms with Crippen LogP contribution in [0.3, 0.4) is 0 Å². The highest BCUT2D eigenvalue weighted by molar-refractivity contribution is 7.89. The lowest BCUT2D eigenvalue weighted by atomic mass is 10.2. The molecule has 2 aromatic carbocycles. The van der Waals surface area contributed by atoms with Crippen molar-refractivity contribution in [2.45, 2.75) is 24.8 Å². The molecule has 1 amide bonds. The maximum atomic E-state index is 13.5. The average Bonchev–Trinajstić information content (AvgIpc) is 2.62. The highest BCUT2D eigenvalue weighted by atomic mass is 32.2. The Morgan fingerprint density at radius 3 is 2.36 bits per heavy atom. The second kappa shape index (κ2) is 8.89. The number of halogens is 2. The van der Waals surface area contributed by atoms with Gasteiger partial charge in [-0.2, -0.15) is 4.72 Å².